The zero-order chi connectivity index (χ0) is 22.4. The molecule has 1 saturated heterocycles. The van der Waals surface area contributed by atoms with Crippen LogP contribution in [0.15, 0.2) is 42.5 Å². The van der Waals surface area contributed by atoms with E-state index in [0.717, 1.165) is 5.56 Å². The zero-order valence-electron chi connectivity index (χ0n) is 17.7. The van der Waals surface area contributed by atoms with Crippen molar-refractivity contribution in [3.05, 3.63) is 59.2 Å². The molecule has 0 aromatic heterocycles. The Balaban J connectivity index is 1.74. The van der Waals surface area contributed by atoms with Crippen LogP contribution in [0.1, 0.15) is 28.4 Å². The first-order valence-electron chi connectivity index (χ1n) is 10.0. The third kappa shape index (κ3) is 5.18. The van der Waals surface area contributed by atoms with E-state index < -0.39 is 30.3 Å². The summed E-state index contributed by atoms with van der Waals surface area (Å²) in [6.07, 6.45) is -0.242. The number of hydrogen-bond donors (Lipinski definition) is 0. The highest BCUT2D eigenvalue weighted by atomic mass is 16.7. The molecule has 0 N–H and O–H groups in total. The average Bonchev–Trinajstić information content (AvgIpc) is 2.78. The van der Waals surface area contributed by atoms with Crippen LogP contribution < -0.4 is 9.47 Å². The third-order valence-corrected chi connectivity index (χ3v) is 5.45. The van der Waals surface area contributed by atoms with Crippen LogP contribution in [0.2, 0.25) is 0 Å². The van der Waals surface area contributed by atoms with Crippen molar-refractivity contribution in [3.63, 3.8) is 0 Å². The van der Waals surface area contributed by atoms with E-state index in [1.54, 1.807) is 25.1 Å². The SMILES string of the molecule is COC1C(C=O)[C@@H](C=O)C(C)O[C@H]1Oc1ccc(OCc2ccc(C)cc2)cc1C=O. The molecule has 7 heteroatoms. The van der Waals surface area contributed by atoms with Crippen molar-refractivity contribution in [2.45, 2.75) is 39.0 Å². The van der Waals surface area contributed by atoms with Gasteiger partial charge in [-0.2, -0.15) is 0 Å². The second kappa shape index (κ2) is 10.3. The molecule has 0 bridgehead atoms. The van der Waals surface area contributed by atoms with Crippen molar-refractivity contribution in [1.29, 1.82) is 0 Å². The second-order valence-electron chi connectivity index (χ2n) is 7.55. The molecule has 1 aliphatic rings. The van der Waals surface area contributed by atoms with Gasteiger partial charge in [-0.25, -0.2) is 0 Å². The van der Waals surface area contributed by atoms with E-state index in [1.807, 2.05) is 31.2 Å². The summed E-state index contributed by atoms with van der Waals surface area (Å²) < 4.78 is 22.9. The molecule has 0 amide bonds. The van der Waals surface area contributed by atoms with Gasteiger partial charge in [0.05, 0.1) is 23.5 Å². The summed E-state index contributed by atoms with van der Waals surface area (Å²) in [7, 11) is 1.42. The van der Waals surface area contributed by atoms with Crippen LogP contribution in [-0.2, 0) is 25.7 Å². The lowest BCUT2D eigenvalue weighted by atomic mass is 9.83. The van der Waals surface area contributed by atoms with Gasteiger partial charge in [-0.3, -0.25) is 4.79 Å². The lowest BCUT2D eigenvalue weighted by molar-refractivity contribution is -0.235. The standard InChI is InChI=1S/C24H26O7/c1-15-4-6-17(7-5-15)14-29-19-8-9-22(18(10-19)11-25)31-24-23(28-3)21(13-27)20(12-26)16(2)30-24/h4-13,16,20-21,23-24H,14H2,1-3H3/t16?,20-,21?,23?,24-/m0/s1. The average molecular weight is 426 g/mol. The van der Waals surface area contributed by atoms with Crippen LogP contribution in [0.5, 0.6) is 11.5 Å². The summed E-state index contributed by atoms with van der Waals surface area (Å²) in [5.41, 5.74) is 2.45. The molecule has 0 spiro atoms. The molecule has 0 saturated carbocycles. The minimum absolute atomic E-state index is 0.270. The van der Waals surface area contributed by atoms with Crippen LogP contribution in [0, 0.1) is 18.8 Å². The molecule has 5 atom stereocenters. The number of aldehydes is 3. The van der Waals surface area contributed by atoms with Gasteiger partial charge in [0.15, 0.2) is 6.29 Å². The number of carbonyl (C=O) groups is 3. The number of ether oxygens (including phenoxy) is 4. The molecule has 7 nitrogen and oxygen atoms in total. The summed E-state index contributed by atoms with van der Waals surface area (Å²) in [5, 5.41) is 0. The number of carbonyl (C=O) groups excluding carboxylic acids is 3. The topological polar surface area (TPSA) is 88.1 Å². The quantitative estimate of drug-likeness (QED) is 0.569. The Labute approximate surface area is 181 Å². The molecular formula is C24H26O7. The van der Waals surface area contributed by atoms with Crippen molar-refractivity contribution in [2.75, 3.05) is 7.11 Å². The smallest absolute Gasteiger partial charge is 0.227 e. The Kier molecular flexibility index (Phi) is 7.55. The summed E-state index contributed by atoms with van der Waals surface area (Å²) >= 11 is 0. The molecule has 31 heavy (non-hydrogen) atoms. The second-order valence-corrected chi connectivity index (χ2v) is 7.55. The number of rotatable bonds is 9. The van der Waals surface area contributed by atoms with E-state index in [9.17, 15) is 14.4 Å². The Morgan fingerprint density at radius 3 is 2.32 bits per heavy atom. The fourth-order valence-corrected chi connectivity index (χ4v) is 3.62. The maximum absolute atomic E-state index is 11.7. The van der Waals surface area contributed by atoms with Crippen LogP contribution >= 0.6 is 0 Å². The summed E-state index contributed by atoms with van der Waals surface area (Å²) in [6.45, 7) is 4.07. The largest absolute Gasteiger partial charge is 0.489 e. The molecule has 1 aliphatic heterocycles. The minimum Gasteiger partial charge on any atom is -0.489 e. The van der Waals surface area contributed by atoms with E-state index in [4.69, 9.17) is 18.9 Å². The van der Waals surface area contributed by atoms with Crippen LogP contribution in [0.3, 0.4) is 0 Å². The Morgan fingerprint density at radius 2 is 1.71 bits per heavy atom. The van der Waals surface area contributed by atoms with Gasteiger partial charge >= 0.3 is 0 Å². The molecule has 0 aliphatic carbocycles. The summed E-state index contributed by atoms with van der Waals surface area (Å²) in [6, 6.07) is 12.9. The molecule has 2 aromatic rings. The minimum atomic E-state index is -0.954. The van der Waals surface area contributed by atoms with E-state index >= 15 is 0 Å². The summed E-state index contributed by atoms with van der Waals surface area (Å²) in [4.78, 5) is 34.6. The predicted molar refractivity (Wildman–Crippen MR) is 112 cm³/mol. The first-order valence-corrected chi connectivity index (χ1v) is 10.0. The van der Waals surface area contributed by atoms with Crippen molar-refractivity contribution in [3.8, 4) is 11.5 Å². The maximum atomic E-state index is 11.7. The molecule has 3 unspecified atom stereocenters. The lowest BCUT2D eigenvalue weighted by Gasteiger charge is -2.41. The van der Waals surface area contributed by atoms with Gasteiger partial charge in [0, 0.05) is 7.11 Å². The molecule has 3 rings (SSSR count). The van der Waals surface area contributed by atoms with Gasteiger partial charge in [0.1, 0.15) is 36.8 Å². The number of aryl methyl sites for hydroxylation is 1. The normalized spacial score (nSPS) is 25.5. The third-order valence-electron chi connectivity index (χ3n) is 5.45. The fraction of sp³-hybridized carbons (Fsp3) is 0.375. The fourth-order valence-electron chi connectivity index (χ4n) is 3.62. The highest BCUT2D eigenvalue weighted by Crippen LogP contribution is 2.33. The molecular weight excluding hydrogens is 400 g/mol. The number of hydrogen-bond acceptors (Lipinski definition) is 7. The van der Waals surface area contributed by atoms with Crippen LogP contribution in [-0.4, -0.2) is 44.5 Å². The van der Waals surface area contributed by atoms with Crippen molar-refractivity contribution < 1.29 is 33.3 Å². The van der Waals surface area contributed by atoms with Crippen LogP contribution in [0.4, 0.5) is 0 Å². The van der Waals surface area contributed by atoms with Crippen molar-refractivity contribution >= 4 is 18.9 Å². The Hall–Kier alpha value is -3.03. The highest BCUT2D eigenvalue weighted by molar-refractivity contribution is 5.80. The molecule has 1 fully saturated rings. The van der Waals surface area contributed by atoms with Gasteiger partial charge < -0.3 is 28.5 Å². The van der Waals surface area contributed by atoms with Crippen LogP contribution in [0.25, 0.3) is 0 Å². The molecule has 1 heterocycles. The van der Waals surface area contributed by atoms with E-state index in [1.165, 1.54) is 12.7 Å². The first-order chi connectivity index (χ1) is 15.0. The number of methoxy groups -OCH3 is 1. The van der Waals surface area contributed by atoms with Crippen molar-refractivity contribution in [2.24, 2.45) is 11.8 Å². The van der Waals surface area contributed by atoms with Gasteiger partial charge in [0.25, 0.3) is 0 Å². The molecule has 164 valence electrons. The van der Waals surface area contributed by atoms with E-state index in [0.29, 0.717) is 31.2 Å². The summed E-state index contributed by atoms with van der Waals surface area (Å²) in [5.74, 6) is -0.562. The van der Waals surface area contributed by atoms with Gasteiger partial charge in [-0.15, -0.1) is 0 Å². The number of benzene rings is 2. The van der Waals surface area contributed by atoms with Gasteiger partial charge in [-0.1, -0.05) is 29.8 Å². The zero-order valence-corrected chi connectivity index (χ0v) is 17.7. The Morgan fingerprint density at radius 1 is 1.00 bits per heavy atom. The van der Waals surface area contributed by atoms with Crippen molar-refractivity contribution in [1.82, 2.24) is 0 Å². The first kappa shape index (κ1) is 22.7. The maximum Gasteiger partial charge on any atom is 0.227 e. The van der Waals surface area contributed by atoms with E-state index in [-0.39, 0.29) is 11.3 Å². The predicted octanol–water partition coefficient (Wildman–Crippen LogP) is 3.16. The lowest BCUT2D eigenvalue weighted by Crippen LogP contribution is -2.54. The van der Waals surface area contributed by atoms with Gasteiger partial charge in [0.2, 0.25) is 6.29 Å². The van der Waals surface area contributed by atoms with Gasteiger partial charge in [-0.05, 0) is 37.6 Å². The Bertz CT molecular complexity index is 909. The van der Waals surface area contributed by atoms with E-state index in [2.05, 4.69) is 0 Å². The molecule has 2 aromatic carbocycles. The molecule has 0 radical (unpaired) electrons. The monoisotopic (exact) mass is 426 g/mol. The highest BCUT2D eigenvalue weighted by Gasteiger charge is 2.46.